The lowest BCUT2D eigenvalue weighted by Gasteiger charge is -2.18. The molecule has 1 rings (SSSR count). The summed E-state index contributed by atoms with van der Waals surface area (Å²) in [6.07, 6.45) is 0. The summed E-state index contributed by atoms with van der Waals surface area (Å²) >= 11 is 0. The van der Waals surface area contributed by atoms with Crippen LogP contribution < -0.4 is 16.6 Å². The normalized spacial score (nSPS) is 10.4. The van der Waals surface area contributed by atoms with Gasteiger partial charge in [-0.1, -0.05) is 26.0 Å². The SMILES string of the molecule is CCN(CC)CCNC(=O)c1ccccc1NN. The van der Waals surface area contributed by atoms with Crippen molar-refractivity contribution in [3.8, 4) is 0 Å². The molecule has 0 aromatic heterocycles. The van der Waals surface area contributed by atoms with Gasteiger partial charge in [-0.15, -0.1) is 0 Å². The van der Waals surface area contributed by atoms with E-state index in [4.69, 9.17) is 5.84 Å². The van der Waals surface area contributed by atoms with Gasteiger partial charge in [-0.25, -0.2) is 0 Å². The van der Waals surface area contributed by atoms with Crippen LogP contribution in [0.25, 0.3) is 0 Å². The summed E-state index contributed by atoms with van der Waals surface area (Å²) in [4.78, 5) is 14.2. The molecule has 0 fully saturated rings. The van der Waals surface area contributed by atoms with Crippen molar-refractivity contribution in [1.29, 1.82) is 0 Å². The maximum atomic E-state index is 12.0. The van der Waals surface area contributed by atoms with Crippen LogP contribution in [0.2, 0.25) is 0 Å². The molecule has 0 aliphatic rings. The third-order valence-electron chi connectivity index (χ3n) is 2.94. The molecule has 0 aliphatic heterocycles. The fourth-order valence-electron chi connectivity index (χ4n) is 1.77. The Bertz CT molecular complexity index is 377. The molecule has 0 aliphatic carbocycles. The van der Waals surface area contributed by atoms with Gasteiger partial charge < -0.3 is 15.6 Å². The average Bonchev–Trinajstić information content (AvgIpc) is 2.43. The summed E-state index contributed by atoms with van der Waals surface area (Å²) in [5.41, 5.74) is 3.73. The first-order valence-electron chi connectivity index (χ1n) is 6.29. The van der Waals surface area contributed by atoms with Crippen molar-refractivity contribution in [3.63, 3.8) is 0 Å². The highest BCUT2D eigenvalue weighted by atomic mass is 16.1. The van der Waals surface area contributed by atoms with Gasteiger partial charge in [-0.2, -0.15) is 0 Å². The van der Waals surface area contributed by atoms with Gasteiger partial charge in [0.2, 0.25) is 0 Å². The van der Waals surface area contributed by atoms with Crippen LogP contribution in [0.3, 0.4) is 0 Å². The molecule has 0 saturated heterocycles. The zero-order valence-electron chi connectivity index (χ0n) is 11.1. The van der Waals surface area contributed by atoms with E-state index in [1.54, 1.807) is 12.1 Å². The van der Waals surface area contributed by atoms with Crippen molar-refractivity contribution < 1.29 is 4.79 Å². The van der Waals surface area contributed by atoms with Crippen LogP contribution >= 0.6 is 0 Å². The van der Waals surface area contributed by atoms with Crippen LogP contribution in [0.1, 0.15) is 24.2 Å². The Hall–Kier alpha value is -1.59. The van der Waals surface area contributed by atoms with Crippen LogP contribution in [0.5, 0.6) is 0 Å². The zero-order valence-corrected chi connectivity index (χ0v) is 11.1. The minimum atomic E-state index is -0.101. The Morgan fingerprint density at radius 2 is 1.94 bits per heavy atom. The van der Waals surface area contributed by atoms with Crippen LogP contribution in [-0.4, -0.2) is 37.0 Å². The lowest BCUT2D eigenvalue weighted by atomic mass is 10.1. The Balaban J connectivity index is 2.50. The summed E-state index contributed by atoms with van der Waals surface area (Å²) in [5, 5.41) is 2.90. The van der Waals surface area contributed by atoms with Crippen molar-refractivity contribution in [1.82, 2.24) is 10.2 Å². The standard InChI is InChI=1S/C13H22N4O/c1-3-17(4-2)10-9-15-13(18)11-7-5-6-8-12(11)16-14/h5-8,16H,3-4,9-10,14H2,1-2H3,(H,15,18). The molecule has 5 nitrogen and oxygen atoms in total. The van der Waals surface area contributed by atoms with E-state index in [9.17, 15) is 4.79 Å². The summed E-state index contributed by atoms with van der Waals surface area (Å²) in [5.74, 6) is 5.27. The van der Waals surface area contributed by atoms with Crippen molar-refractivity contribution in [2.24, 2.45) is 5.84 Å². The number of amides is 1. The van der Waals surface area contributed by atoms with E-state index in [0.717, 1.165) is 19.6 Å². The summed E-state index contributed by atoms with van der Waals surface area (Å²) < 4.78 is 0. The number of carbonyl (C=O) groups excluding carboxylic acids is 1. The molecule has 18 heavy (non-hydrogen) atoms. The van der Waals surface area contributed by atoms with Gasteiger partial charge in [0, 0.05) is 13.1 Å². The number of likely N-dealkylation sites (N-methyl/N-ethyl adjacent to an activating group) is 1. The number of nitrogen functional groups attached to an aromatic ring is 1. The van der Waals surface area contributed by atoms with Gasteiger partial charge in [-0.05, 0) is 25.2 Å². The highest BCUT2D eigenvalue weighted by molar-refractivity contribution is 5.99. The quantitative estimate of drug-likeness (QED) is 0.499. The lowest BCUT2D eigenvalue weighted by Crippen LogP contribution is -2.35. The van der Waals surface area contributed by atoms with E-state index in [1.807, 2.05) is 12.1 Å². The van der Waals surface area contributed by atoms with Crippen LogP contribution in [0.15, 0.2) is 24.3 Å². The number of nitrogens with one attached hydrogen (secondary N) is 2. The molecule has 100 valence electrons. The predicted molar refractivity (Wildman–Crippen MR) is 74.4 cm³/mol. The second-order valence-corrected chi connectivity index (χ2v) is 3.97. The minimum Gasteiger partial charge on any atom is -0.351 e. The minimum absolute atomic E-state index is 0.101. The molecule has 0 heterocycles. The molecule has 1 aromatic carbocycles. The molecule has 0 unspecified atom stereocenters. The highest BCUT2D eigenvalue weighted by Crippen LogP contribution is 2.12. The number of hydrazine groups is 1. The molecule has 4 N–H and O–H groups in total. The number of carbonyl (C=O) groups is 1. The fraction of sp³-hybridized carbons (Fsp3) is 0.462. The van der Waals surface area contributed by atoms with Gasteiger partial charge in [0.05, 0.1) is 11.3 Å². The van der Waals surface area contributed by atoms with E-state index < -0.39 is 0 Å². The maximum absolute atomic E-state index is 12.0. The van der Waals surface area contributed by atoms with Gasteiger partial charge in [0.15, 0.2) is 0 Å². The molecule has 0 radical (unpaired) electrons. The number of nitrogens with two attached hydrogens (primary N) is 1. The highest BCUT2D eigenvalue weighted by Gasteiger charge is 2.09. The molecular formula is C13H22N4O. The third-order valence-corrected chi connectivity index (χ3v) is 2.94. The zero-order chi connectivity index (χ0) is 13.4. The summed E-state index contributed by atoms with van der Waals surface area (Å²) in [6, 6.07) is 7.18. The number of hydrogen-bond donors (Lipinski definition) is 3. The fourth-order valence-corrected chi connectivity index (χ4v) is 1.77. The van der Waals surface area contributed by atoms with Gasteiger partial charge in [0.25, 0.3) is 5.91 Å². The smallest absolute Gasteiger partial charge is 0.253 e. The molecule has 5 heteroatoms. The van der Waals surface area contributed by atoms with E-state index >= 15 is 0 Å². The van der Waals surface area contributed by atoms with Crippen LogP contribution in [-0.2, 0) is 0 Å². The number of para-hydroxylation sites is 1. The molecule has 0 spiro atoms. The van der Waals surface area contributed by atoms with E-state index in [2.05, 4.69) is 29.5 Å². The first kappa shape index (κ1) is 14.5. The van der Waals surface area contributed by atoms with Crippen LogP contribution in [0.4, 0.5) is 5.69 Å². The molecule has 0 atom stereocenters. The van der Waals surface area contributed by atoms with Crippen molar-refractivity contribution in [2.45, 2.75) is 13.8 Å². The lowest BCUT2D eigenvalue weighted by molar-refractivity contribution is 0.0949. The largest absolute Gasteiger partial charge is 0.351 e. The van der Waals surface area contributed by atoms with Gasteiger partial charge >= 0.3 is 0 Å². The second kappa shape index (κ2) is 7.68. The van der Waals surface area contributed by atoms with Gasteiger partial charge in [-0.3, -0.25) is 10.6 Å². The van der Waals surface area contributed by atoms with E-state index in [-0.39, 0.29) is 5.91 Å². The molecular weight excluding hydrogens is 228 g/mol. The average molecular weight is 250 g/mol. The van der Waals surface area contributed by atoms with Gasteiger partial charge in [0.1, 0.15) is 0 Å². The molecule has 0 bridgehead atoms. The van der Waals surface area contributed by atoms with Crippen molar-refractivity contribution in [3.05, 3.63) is 29.8 Å². The first-order chi connectivity index (χ1) is 8.72. The second-order valence-electron chi connectivity index (χ2n) is 3.97. The van der Waals surface area contributed by atoms with E-state index in [1.165, 1.54) is 0 Å². The Labute approximate surface area is 108 Å². The summed E-state index contributed by atoms with van der Waals surface area (Å²) in [6.45, 7) is 7.70. The maximum Gasteiger partial charge on any atom is 0.253 e. The Kier molecular flexibility index (Phi) is 6.18. The molecule has 1 aromatic rings. The molecule has 1 amide bonds. The van der Waals surface area contributed by atoms with Crippen molar-refractivity contribution >= 4 is 11.6 Å². The topological polar surface area (TPSA) is 70.4 Å². The van der Waals surface area contributed by atoms with Crippen molar-refractivity contribution in [2.75, 3.05) is 31.6 Å². The number of hydrogen-bond acceptors (Lipinski definition) is 4. The Morgan fingerprint density at radius 1 is 1.28 bits per heavy atom. The number of benzene rings is 1. The number of anilines is 1. The van der Waals surface area contributed by atoms with Crippen LogP contribution in [0, 0.1) is 0 Å². The molecule has 0 saturated carbocycles. The van der Waals surface area contributed by atoms with E-state index in [0.29, 0.717) is 17.8 Å². The number of rotatable bonds is 7. The number of nitrogens with zero attached hydrogens (tertiary/aromatic N) is 1. The predicted octanol–water partition coefficient (Wildman–Crippen LogP) is 1.04. The first-order valence-corrected chi connectivity index (χ1v) is 6.29. The summed E-state index contributed by atoms with van der Waals surface area (Å²) in [7, 11) is 0. The monoisotopic (exact) mass is 250 g/mol. The Morgan fingerprint density at radius 3 is 2.56 bits per heavy atom. The third kappa shape index (κ3) is 4.01.